The van der Waals surface area contributed by atoms with Gasteiger partial charge in [-0.3, -0.25) is 24.1 Å². The van der Waals surface area contributed by atoms with Crippen LogP contribution < -0.4 is 4.74 Å². The number of nitrogens with zero attached hydrogens (tertiary/aromatic N) is 1. The molecule has 7 nitrogen and oxygen atoms in total. The minimum absolute atomic E-state index is 0.0964. The average molecular weight is 619 g/mol. The second-order valence-corrected chi connectivity index (χ2v) is 11.3. The number of benzene rings is 1. The number of imide groups is 1. The molecule has 2 amide bonds. The van der Waals surface area contributed by atoms with Crippen molar-refractivity contribution >= 4 is 55.2 Å². The monoisotopic (exact) mass is 617 g/mol. The third-order valence-corrected chi connectivity index (χ3v) is 9.96. The molecule has 1 saturated heterocycles. The first-order valence-corrected chi connectivity index (χ1v) is 13.5. The van der Waals surface area contributed by atoms with Gasteiger partial charge < -0.3 is 9.84 Å². The Labute approximate surface area is 225 Å². The van der Waals surface area contributed by atoms with Gasteiger partial charge >= 0.3 is 0 Å². The first kappa shape index (κ1) is 25.1. The summed E-state index contributed by atoms with van der Waals surface area (Å²) in [7, 11) is 1.44. The van der Waals surface area contributed by atoms with E-state index >= 15 is 0 Å². The van der Waals surface area contributed by atoms with E-state index in [1.165, 1.54) is 18.1 Å². The molecule has 0 saturated carbocycles. The van der Waals surface area contributed by atoms with Gasteiger partial charge in [-0.25, -0.2) is 0 Å². The molecule has 1 N–H and O–H groups in total. The SMILES string of the molecule is CCCN1C(=O)[C@H]2[C@H](CC=C3[C@H](c4cc(OC)c(O)c(Br)c4Br)C4=C(C[C@H]32)C(=O)C(C)=CC4=O)C1=O. The molecule has 4 atom stereocenters. The van der Waals surface area contributed by atoms with E-state index in [0.29, 0.717) is 50.6 Å². The standard InChI is InChI=1S/C27H25Br2NO6/c1-4-7-30-26(34)13-6-5-12-14(20(13)27(30)35)9-16-21(17(31)8-11(2)24(16)32)19(12)15-10-18(36-3)25(33)23(29)22(15)28/h5,8,10,13-14,19-20,33H,4,6-7,9H2,1-3H3/t13-,14+,19+,20-/m0/s1. The molecule has 188 valence electrons. The summed E-state index contributed by atoms with van der Waals surface area (Å²) in [5.41, 5.74) is 2.63. The van der Waals surface area contributed by atoms with Gasteiger partial charge in [0, 0.05) is 33.7 Å². The van der Waals surface area contributed by atoms with E-state index < -0.39 is 17.8 Å². The minimum atomic E-state index is -0.635. The van der Waals surface area contributed by atoms with Crippen molar-refractivity contribution in [1.29, 1.82) is 0 Å². The van der Waals surface area contributed by atoms with E-state index in [4.69, 9.17) is 4.74 Å². The Bertz CT molecular complexity index is 1340. The fourth-order valence-corrected chi connectivity index (χ4v) is 7.18. The second kappa shape index (κ2) is 9.10. The number of likely N-dealkylation sites (tertiary alicyclic amines) is 1. The number of halogens is 2. The van der Waals surface area contributed by atoms with Gasteiger partial charge in [0.05, 0.1) is 23.4 Å². The van der Waals surface area contributed by atoms with Crippen molar-refractivity contribution in [2.24, 2.45) is 17.8 Å². The van der Waals surface area contributed by atoms with Crippen LogP contribution in [0.25, 0.3) is 0 Å². The molecule has 0 radical (unpaired) electrons. The Morgan fingerprint density at radius 3 is 2.50 bits per heavy atom. The van der Waals surface area contributed by atoms with Crippen LogP contribution in [0.1, 0.15) is 44.6 Å². The van der Waals surface area contributed by atoms with Crippen molar-refractivity contribution in [3.63, 3.8) is 0 Å². The third kappa shape index (κ3) is 3.49. The summed E-state index contributed by atoms with van der Waals surface area (Å²) < 4.78 is 6.27. The first-order chi connectivity index (χ1) is 17.1. The molecule has 1 heterocycles. The van der Waals surface area contributed by atoms with Crippen LogP contribution in [0.5, 0.6) is 11.5 Å². The van der Waals surface area contributed by atoms with Crippen LogP contribution in [-0.2, 0) is 19.2 Å². The number of hydrogen-bond acceptors (Lipinski definition) is 6. The Kier molecular flexibility index (Phi) is 6.35. The number of phenolic OH excluding ortho intramolecular Hbond substituents is 1. The third-order valence-electron chi connectivity index (χ3n) is 7.81. The lowest BCUT2D eigenvalue weighted by Gasteiger charge is -2.42. The van der Waals surface area contributed by atoms with Crippen molar-refractivity contribution < 1.29 is 29.0 Å². The maximum atomic E-state index is 13.5. The number of ketones is 2. The number of hydrogen-bond donors (Lipinski definition) is 1. The average Bonchev–Trinajstić information content (AvgIpc) is 3.10. The largest absolute Gasteiger partial charge is 0.503 e. The van der Waals surface area contributed by atoms with Crippen LogP contribution in [0.4, 0.5) is 0 Å². The minimum Gasteiger partial charge on any atom is -0.503 e. The van der Waals surface area contributed by atoms with Crippen molar-refractivity contribution in [3.8, 4) is 11.5 Å². The van der Waals surface area contributed by atoms with Crippen LogP contribution in [-0.4, -0.2) is 47.0 Å². The maximum Gasteiger partial charge on any atom is 0.233 e. The number of allylic oxidation sites excluding steroid dienone is 6. The van der Waals surface area contributed by atoms with Gasteiger partial charge in [0.25, 0.3) is 0 Å². The van der Waals surface area contributed by atoms with Crippen LogP contribution in [0, 0.1) is 17.8 Å². The highest BCUT2D eigenvalue weighted by molar-refractivity contribution is 9.13. The lowest BCUT2D eigenvalue weighted by Crippen LogP contribution is -2.40. The Morgan fingerprint density at radius 1 is 1.11 bits per heavy atom. The summed E-state index contributed by atoms with van der Waals surface area (Å²) in [5, 5.41) is 10.5. The molecular formula is C27H25Br2NO6. The van der Waals surface area contributed by atoms with E-state index in [-0.39, 0.29) is 47.2 Å². The zero-order chi connectivity index (χ0) is 26.0. The van der Waals surface area contributed by atoms with Gasteiger partial charge in [0.2, 0.25) is 11.8 Å². The normalized spacial score (nSPS) is 27.5. The number of Topliss-reactive ketones (excluding diaryl/α,β-unsaturated/α-hetero) is 1. The molecule has 3 aliphatic carbocycles. The number of aromatic hydroxyl groups is 1. The van der Waals surface area contributed by atoms with E-state index in [1.54, 1.807) is 13.0 Å². The lowest BCUT2D eigenvalue weighted by molar-refractivity contribution is -0.140. The van der Waals surface area contributed by atoms with Crippen LogP contribution in [0.2, 0.25) is 0 Å². The molecular weight excluding hydrogens is 594 g/mol. The molecule has 0 aromatic heterocycles. The molecule has 9 heteroatoms. The highest BCUT2D eigenvalue weighted by Crippen LogP contribution is 2.57. The summed E-state index contributed by atoms with van der Waals surface area (Å²) in [6, 6.07) is 1.66. The topological polar surface area (TPSA) is 101 Å². The Hall–Kier alpha value is -2.52. The number of ether oxygens (including phenoxy) is 1. The van der Waals surface area contributed by atoms with Crippen LogP contribution >= 0.6 is 31.9 Å². The number of fused-ring (bicyclic) bond motifs is 3. The van der Waals surface area contributed by atoms with Gasteiger partial charge in [-0.2, -0.15) is 0 Å². The molecule has 0 bridgehead atoms. The van der Waals surface area contributed by atoms with Gasteiger partial charge in [0.1, 0.15) is 0 Å². The molecule has 36 heavy (non-hydrogen) atoms. The predicted molar refractivity (Wildman–Crippen MR) is 138 cm³/mol. The van der Waals surface area contributed by atoms with E-state index in [9.17, 15) is 24.3 Å². The number of carbonyl (C=O) groups excluding carboxylic acids is 4. The van der Waals surface area contributed by atoms with Crippen LogP contribution in [0.15, 0.2) is 49.5 Å². The van der Waals surface area contributed by atoms with Gasteiger partial charge in [-0.1, -0.05) is 18.6 Å². The van der Waals surface area contributed by atoms with Gasteiger partial charge in [-0.15, -0.1) is 0 Å². The number of amides is 2. The molecule has 0 unspecified atom stereocenters. The number of rotatable bonds is 4. The van der Waals surface area contributed by atoms with Crippen molar-refractivity contribution in [1.82, 2.24) is 4.90 Å². The predicted octanol–water partition coefficient (Wildman–Crippen LogP) is 4.77. The maximum absolute atomic E-state index is 13.5. The Balaban J connectivity index is 1.74. The van der Waals surface area contributed by atoms with Crippen molar-refractivity contribution in [2.75, 3.05) is 13.7 Å². The Morgan fingerprint density at radius 2 is 1.83 bits per heavy atom. The highest BCUT2D eigenvalue weighted by Gasteiger charge is 2.56. The van der Waals surface area contributed by atoms with E-state index in [0.717, 1.165) is 5.57 Å². The summed E-state index contributed by atoms with van der Waals surface area (Å²) in [6.45, 7) is 3.92. The zero-order valence-electron chi connectivity index (χ0n) is 20.1. The van der Waals surface area contributed by atoms with Crippen molar-refractivity contribution in [3.05, 3.63) is 55.0 Å². The van der Waals surface area contributed by atoms with Gasteiger partial charge in [0.15, 0.2) is 23.1 Å². The highest BCUT2D eigenvalue weighted by atomic mass is 79.9. The fraction of sp³-hybridized carbons (Fsp3) is 0.407. The molecule has 1 fully saturated rings. The van der Waals surface area contributed by atoms with Crippen molar-refractivity contribution in [2.45, 2.75) is 39.0 Å². The number of phenols is 1. The summed E-state index contributed by atoms with van der Waals surface area (Å²) in [5.74, 6) is -2.76. The first-order valence-electron chi connectivity index (χ1n) is 11.9. The zero-order valence-corrected chi connectivity index (χ0v) is 23.2. The molecule has 1 aromatic rings. The quantitative estimate of drug-likeness (QED) is 0.297. The molecule has 4 aliphatic rings. The smallest absolute Gasteiger partial charge is 0.233 e. The number of methoxy groups -OCH3 is 1. The fourth-order valence-electron chi connectivity index (χ4n) is 6.22. The van der Waals surface area contributed by atoms with E-state index in [1.807, 2.05) is 13.0 Å². The summed E-state index contributed by atoms with van der Waals surface area (Å²) >= 11 is 6.97. The molecule has 1 aromatic carbocycles. The van der Waals surface area contributed by atoms with Crippen LogP contribution in [0.3, 0.4) is 0 Å². The summed E-state index contributed by atoms with van der Waals surface area (Å²) in [6.07, 6.45) is 4.65. The molecule has 1 aliphatic heterocycles. The summed E-state index contributed by atoms with van der Waals surface area (Å²) in [4.78, 5) is 54.7. The second-order valence-electron chi connectivity index (χ2n) is 9.70. The van der Waals surface area contributed by atoms with E-state index in [2.05, 4.69) is 31.9 Å². The lowest BCUT2D eigenvalue weighted by atomic mass is 9.59. The van der Waals surface area contributed by atoms with Gasteiger partial charge in [-0.05, 0) is 81.7 Å². The molecule has 5 rings (SSSR count). The molecule has 0 spiro atoms. The number of carbonyl (C=O) groups is 4.